The molecule has 0 unspecified atom stereocenters. The number of hydrogen-bond donors (Lipinski definition) is 0. The number of pyridine rings is 2. The molecule has 0 saturated carbocycles. The Kier molecular flexibility index (Phi) is 10.7. The molecule has 0 amide bonds. The van der Waals surface area contributed by atoms with Crippen molar-refractivity contribution in [3.8, 4) is 11.4 Å². The first-order valence-electron chi connectivity index (χ1n) is 9.61. The molecular formula is C22H32Cl2N2O2Zn. The van der Waals surface area contributed by atoms with Gasteiger partial charge in [-0.15, -0.1) is 0 Å². The van der Waals surface area contributed by atoms with E-state index in [9.17, 15) is 0 Å². The van der Waals surface area contributed by atoms with Crippen molar-refractivity contribution in [1.29, 1.82) is 0 Å². The fourth-order valence-electron chi connectivity index (χ4n) is 3.32. The first-order valence-corrected chi connectivity index (χ1v) is 17.4. The van der Waals surface area contributed by atoms with Crippen LogP contribution in [0.3, 0.4) is 0 Å². The van der Waals surface area contributed by atoms with Gasteiger partial charge in [-0.2, -0.15) is 0 Å². The van der Waals surface area contributed by atoms with E-state index in [2.05, 4.69) is 41.5 Å². The molecule has 0 saturated heterocycles. The van der Waals surface area contributed by atoms with Gasteiger partial charge in [-0.25, -0.2) is 9.97 Å². The Balaban J connectivity index is 0.00000132. The van der Waals surface area contributed by atoms with Gasteiger partial charge in [-0.3, -0.25) is 0 Å². The van der Waals surface area contributed by atoms with Crippen LogP contribution in [0.5, 0.6) is 0 Å². The van der Waals surface area contributed by atoms with Gasteiger partial charge in [0.15, 0.2) is 0 Å². The second-order valence-electron chi connectivity index (χ2n) is 8.96. The molecule has 7 heteroatoms. The van der Waals surface area contributed by atoms with E-state index in [1.54, 1.807) is 14.2 Å². The van der Waals surface area contributed by atoms with E-state index in [0.717, 1.165) is 22.8 Å². The fraction of sp³-hybridized carbons (Fsp3) is 0.545. The Bertz CT molecular complexity index is 697. The third-order valence-corrected chi connectivity index (χ3v) is 4.39. The van der Waals surface area contributed by atoms with Gasteiger partial charge in [0.1, 0.15) is 12.2 Å². The average molecular weight is 493 g/mol. The molecule has 2 heterocycles. The van der Waals surface area contributed by atoms with E-state index >= 15 is 0 Å². The number of ether oxygens (including phenoxy) is 2. The number of aromatic nitrogens is 2. The van der Waals surface area contributed by atoms with Crippen LogP contribution in [0.4, 0.5) is 0 Å². The van der Waals surface area contributed by atoms with E-state index in [0.29, 0.717) is 0 Å². The van der Waals surface area contributed by atoms with Crippen molar-refractivity contribution in [1.82, 2.24) is 9.97 Å². The minimum atomic E-state index is -0.931. The molecule has 2 rings (SSSR count). The van der Waals surface area contributed by atoms with E-state index in [-0.39, 0.29) is 23.0 Å². The maximum atomic E-state index is 5.71. The van der Waals surface area contributed by atoms with Crippen LogP contribution in [-0.2, 0) is 24.6 Å². The molecule has 0 N–H and O–H groups in total. The summed E-state index contributed by atoms with van der Waals surface area (Å²) in [6, 6.07) is 12.0. The van der Waals surface area contributed by atoms with Gasteiger partial charge in [-0.05, 0) is 35.1 Å². The van der Waals surface area contributed by atoms with Crippen LogP contribution in [0.25, 0.3) is 11.4 Å². The van der Waals surface area contributed by atoms with Crippen LogP contribution in [-0.4, -0.2) is 24.2 Å². The summed E-state index contributed by atoms with van der Waals surface area (Å²) in [5, 5.41) is 0. The minimum absolute atomic E-state index is 0.0387. The molecule has 2 aromatic rings. The summed E-state index contributed by atoms with van der Waals surface area (Å²) in [5.74, 6) is 0. The molecule has 0 bridgehead atoms. The molecule has 158 valence electrons. The summed E-state index contributed by atoms with van der Waals surface area (Å²) in [5.41, 5.74) is 3.46. The Morgan fingerprint density at radius 1 is 0.724 bits per heavy atom. The Morgan fingerprint density at radius 3 is 1.28 bits per heavy atom. The van der Waals surface area contributed by atoms with Crippen molar-refractivity contribution in [2.45, 2.75) is 53.8 Å². The summed E-state index contributed by atoms with van der Waals surface area (Å²) in [7, 11) is 13.4. The van der Waals surface area contributed by atoms with Crippen LogP contribution in [0.2, 0.25) is 0 Å². The van der Waals surface area contributed by atoms with Gasteiger partial charge in [-0.1, -0.05) is 53.7 Å². The van der Waals surface area contributed by atoms with Crippen LogP contribution < -0.4 is 0 Å². The normalized spacial score (nSPS) is 13.7. The van der Waals surface area contributed by atoms with E-state index < -0.39 is 15.1 Å². The third kappa shape index (κ3) is 7.88. The summed E-state index contributed by atoms with van der Waals surface area (Å²) in [6.07, 6.45) is -0.154. The monoisotopic (exact) mass is 490 g/mol. The predicted octanol–water partition coefficient (Wildman–Crippen LogP) is 6.99. The second kappa shape index (κ2) is 11.7. The van der Waals surface area contributed by atoms with Crippen LogP contribution in [0, 0.1) is 10.8 Å². The van der Waals surface area contributed by atoms with Crippen LogP contribution >= 0.6 is 19.4 Å². The van der Waals surface area contributed by atoms with Crippen molar-refractivity contribution >= 4 is 19.4 Å². The van der Waals surface area contributed by atoms with Gasteiger partial charge >= 0.3 is 34.5 Å². The molecule has 4 nitrogen and oxygen atoms in total. The van der Waals surface area contributed by atoms with Gasteiger partial charge in [0.2, 0.25) is 0 Å². The summed E-state index contributed by atoms with van der Waals surface area (Å²) < 4.78 is 11.4. The summed E-state index contributed by atoms with van der Waals surface area (Å²) in [4.78, 5) is 9.68. The molecule has 2 atom stereocenters. The zero-order valence-corrected chi connectivity index (χ0v) is 23.3. The van der Waals surface area contributed by atoms with Gasteiger partial charge in [0.25, 0.3) is 0 Å². The van der Waals surface area contributed by atoms with E-state index in [4.69, 9.17) is 38.8 Å². The Labute approximate surface area is 191 Å². The molecule has 0 aromatic carbocycles. The predicted molar refractivity (Wildman–Crippen MR) is 118 cm³/mol. The number of rotatable bonds is 5. The first-order chi connectivity index (χ1) is 13.5. The Hall–Kier alpha value is -0.577. The second-order valence-corrected chi connectivity index (χ2v) is 13.6. The number of methoxy groups -OCH3 is 2. The zero-order valence-electron chi connectivity index (χ0n) is 18.8. The van der Waals surface area contributed by atoms with Gasteiger partial charge in [0.05, 0.1) is 22.8 Å². The summed E-state index contributed by atoms with van der Waals surface area (Å²) in [6.45, 7) is 12.9. The topological polar surface area (TPSA) is 44.2 Å². The molecule has 29 heavy (non-hydrogen) atoms. The maximum absolute atomic E-state index is 5.71. The van der Waals surface area contributed by atoms with Crippen molar-refractivity contribution in [2.24, 2.45) is 10.8 Å². The molecule has 0 aliphatic heterocycles. The van der Waals surface area contributed by atoms with Gasteiger partial charge in [0, 0.05) is 14.2 Å². The molecule has 0 radical (unpaired) electrons. The van der Waals surface area contributed by atoms with Crippen molar-refractivity contribution in [3.63, 3.8) is 0 Å². The average Bonchev–Trinajstić information content (AvgIpc) is 2.62. The molecule has 2 aromatic heterocycles. The third-order valence-electron chi connectivity index (χ3n) is 4.39. The summed E-state index contributed by atoms with van der Waals surface area (Å²) >= 11 is -0.931. The molecule has 0 aliphatic carbocycles. The molecular weight excluding hydrogens is 461 g/mol. The van der Waals surface area contributed by atoms with E-state index in [1.165, 1.54) is 0 Å². The Morgan fingerprint density at radius 2 is 1.03 bits per heavy atom. The van der Waals surface area contributed by atoms with Crippen molar-refractivity contribution in [3.05, 3.63) is 47.8 Å². The van der Waals surface area contributed by atoms with Crippen LogP contribution in [0.15, 0.2) is 36.4 Å². The SMILES string of the molecule is CO[C@@H](c1cccc(-c2cccc([C@H](OC)C(C)(C)C)n2)n1)C(C)(C)C.[Cl][Zn][Cl]. The van der Waals surface area contributed by atoms with E-state index in [1.807, 2.05) is 36.4 Å². The van der Waals surface area contributed by atoms with Gasteiger partial charge < -0.3 is 9.47 Å². The molecule has 0 spiro atoms. The number of nitrogens with zero attached hydrogens (tertiary/aromatic N) is 2. The van der Waals surface area contributed by atoms with Crippen LogP contribution in [0.1, 0.15) is 65.1 Å². The zero-order chi connectivity index (χ0) is 22.2. The fourth-order valence-corrected chi connectivity index (χ4v) is 3.32. The molecule has 0 fully saturated rings. The first kappa shape index (κ1) is 26.5. The van der Waals surface area contributed by atoms with Crippen molar-refractivity contribution < 1.29 is 24.6 Å². The molecule has 0 aliphatic rings. The standard InChI is InChI=1S/C22H32N2O2.2ClH.Zn/c1-21(2,3)19(25-7)17-13-9-11-15(23-17)16-12-10-14-18(24-16)20(26-8)22(4,5)6;;;/h9-14,19-20H,1-8H3;2*1H;/q;;;+2/p-2/t19-,20-;;;/m0.../s1. The number of halogens is 2. The quantitative estimate of drug-likeness (QED) is 0.422. The number of hydrogen-bond acceptors (Lipinski definition) is 4. The van der Waals surface area contributed by atoms with Crippen molar-refractivity contribution in [2.75, 3.05) is 14.2 Å².